The van der Waals surface area contributed by atoms with Gasteiger partial charge in [-0.2, -0.15) is 8.78 Å². The first-order valence-electron chi connectivity index (χ1n) is 9.79. The second-order valence-corrected chi connectivity index (χ2v) is 7.34. The highest BCUT2D eigenvalue weighted by Crippen LogP contribution is 2.47. The number of imidazole rings is 1. The van der Waals surface area contributed by atoms with Crippen LogP contribution in [-0.4, -0.2) is 33.2 Å². The van der Waals surface area contributed by atoms with Crippen molar-refractivity contribution in [3.63, 3.8) is 0 Å². The van der Waals surface area contributed by atoms with Gasteiger partial charge in [0.1, 0.15) is 11.4 Å². The Morgan fingerprint density at radius 2 is 1.90 bits per heavy atom. The molecule has 1 N–H and O–H groups in total. The third-order valence-corrected chi connectivity index (χ3v) is 5.58. The largest absolute Gasteiger partial charge is 0.481 e. The van der Waals surface area contributed by atoms with Crippen molar-refractivity contribution in [2.45, 2.75) is 25.1 Å². The zero-order chi connectivity index (χ0) is 21.5. The van der Waals surface area contributed by atoms with E-state index in [2.05, 4.69) is 9.97 Å². The summed E-state index contributed by atoms with van der Waals surface area (Å²) in [4.78, 5) is 8.84. The molecule has 4 aromatic rings. The zero-order valence-corrected chi connectivity index (χ0v) is 16.6. The molecular weight excluding hydrogens is 404 g/mol. The van der Waals surface area contributed by atoms with E-state index in [0.717, 1.165) is 16.8 Å². The summed E-state index contributed by atoms with van der Waals surface area (Å²) in [7, 11) is 1.56. The Balaban J connectivity index is 1.63. The van der Waals surface area contributed by atoms with Gasteiger partial charge in [0, 0.05) is 41.1 Å². The Bertz CT molecular complexity index is 1240. The topological polar surface area (TPSA) is 68.9 Å². The number of pyridine rings is 2. The van der Waals surface area contributed by atoms with Gasteiger partial charge in [-0.25, -0.2) is 9.97 Å². The highest BCUT2D eigenvalue weighted by atomic mass is 19.3. The Kier molecular flexibility index (Phi) is 4.78. The fraction of sp³-hybridized carbons (Fsp3) is 0.217. The second-order valence-electron chi connectivity index (χ2n) is 7.34. The summed E-state index contributed by atoms with van der Waals surface area (Å²) < 4.78 is 37.7. The first kappa shape index (κ1) is 19.4. The first-order chi connectivity index (χ1) is 15.0. The fourth-order valence-electron chi connectivity index (χ4n) is 4.21. The van der Waals surface area contributed by atoms with E-state index in [1.54, 1.807) is 37.6 Å². The predicted molar refractivity (Wildman–Crippen MR) is 109 cm³/mol. The van der Waals surface area contributed by atoms with E-state index in [-0.39, 0.29) is 11.7 Å². The number of hydrogen-bond acceptors (Lipinski definition) is 5. The molecule has 0 aliphatic heterocycles. The van der Waals surface area contributed by atoms with Gasteiger partial charge in [-0.05, 0) is 30.7 Å². The van der Waals surface area contributed by atoms with Gasteiger partial charge in [-0.3, -0.25) is 0 Å². The number of ether oxygens (including phenoxy) is 2. The highest BCUT2D eigenvalue weighted by Gasteiger charge is 2.37. The average molecular weight is 423 g/mol. The lowest BCUT2D eigenvalue weighted by molar-refractivity contribution is -0.0505. The molecule has 0 bridgehead atoms. The molecule has 0 amide bonds. The van der Waals surface area contributed by atoms with Gasteiger partial charge in [-0.15, -0.1) is 0 Å². The Hall–Kier alpha value is -3.52. The number of alkyl halides is 2. The summed E-state index contributed by atoms with van der Waals surface area (Å²) in [6, 6.07) is 14.2. The van der Waals surface area contributed by atoms with Crippen LogP contribution in [0.15, 0.2) is 60.9 Å². The molecule has 5 rings (SSSR count). The van der Waals surface area contributed by atoms with Crippen LogP contribution in [-0.2, 0) is 0 Å². The molecule has 3 aromatic heterocycles. The SMILES string of the molecule is COc1ccc(-c2ccc3nc4c(n3c2)[C@@H](c2ccccc2OC(F)F)C[C@H]4O)cn1. The maximum atomic E-state index is 12.9. The number of aliphatic hydroxyl groups is 1. The smallest absolute Gasteiger partial charge is 0.387 e. The molecule has 0 radical (unpaired) electrons. The van der Waals surface area contributed by atoms with E-state index in [4.69, 9.17) is 9.47 Å². The number of halogens is 2. The lowest BCUT2D eigenvalue weighted by atomic mass is 9.95. The molecule has 1 aliphatic rings. The van der Waals surface area contributed by atoms with E-state index >= 15 is 0 Å². The molecule has 8 heteroatoms. The van der Waals surface area contributed by atoms with Gasteiger partial charge in [-0.1, -0.05) is 18.2 Å². The number of fused-ring (bicyclic) bond motifs is 3. The van der Waals surface area contributed by atoms with Crippen LogP contribution in [0.1, 0.15) is 35.4 Å². The molecule has 1 aliphatic carbocycles. The van der Waals surface area contributed by atoms with Gasteiger partial charge < -0.3 is 19.0 Å². The molecule has 0 saturated carbocycles. The van der Waals surface area contributed by atoms with Crippen molar-refractivity contribution in [3.8, 4) is 22.8 Å². The molecule has 31 heavy (non-hydrogen) atoms. The van der Waals surface area contributed by atoms with Crippen molar-refractivity contribution >= 4 is 5.65 Å². The lowest BCUT2D eigenvalue weighted by Gasteiger charge is -2.17. The minimum absolute atomic E-state index is 0.105. The average Bonchev–Trinajstić information content (AvgIpc) is 3.31. The van der Waals surface area contributed by atoms with Crippen LogP contribution in [0.25, 0.3) is 16.8 Å². The van der Waals surface area contributed by atoms with E-state index in [9.17, 15) is 13.9 Å². The number of nitrogens with zero attached hydrogens (tertiary/aromatic N) is 3. The summed E-state index contributed by atoms with van der Waals surface area (Å²) >= 11 is 0. The second kappa shape index (κ2) is 7.63. The minimum atomic E-state index is -2.93. The third kappa shape index (κ3) is 3.38. The Morgan fingerprint density at radius 3 is 2.65 bits per heavy atom. The molecule has 0 saturated heterocycles. The first-order valence-corrected chi connectivity index (χ1v) is 9.79. The summed E-state index contributed by atoms with van der Waals surface area (Å²) in [5.74, 6) is 0.291. The molecule has 0 fully saturated rings. The van der Waals surface area contributed by atoms with Crippen LogP contribution in [0.4, 0.5) is 8.78 Å². The summed E-state index contributed by atoms with van der Waals surface area (Å²) in [5.41, 5.74) is 4.39. The van der Waals surface area contributed by atoms with E-state index in [1.807, 2.05) is 28.8 Å². The third-order valence-electron chi connectivity index (χ3n) is 5.58. The molecule has 158 valence electrons. The van der Waals surface area contributed by atoms with Crippen LogP contribution >= 0.6 is 0 Å². The summed E-state index contributed by atoms with van der Waals surface area (Å²) in [6.45, 7) is -2.93. The molecule has 3 heterocycles. The molecule has 2 atom stereocenters. The predicted octanol–water partition coefficient (Wildman–Crippen LogP) is 4.58. The normalized spacial score (nSPS) is 17.8. The molecule has 6 nitrogen and oxygen atoms in total. The number of para-hydroxylation sites is 1. The van der Waals surface area contributed by atoms with Crippen LogP contribution in [0.2, 0.25) is 0 Å². The van der Waals surface area contributed by atoms with Crippen molar-refractivity contribution in [1.82, 2.24) is 14.4 Å². The number of methoxy groups -OCH3 is 1. The number of aromatic nitrogens is 3. The van der Waals surface area contributed by atoms with Gasteiger partial charge in [0.2, 0.25) is 5.88 Å². The fourth-order valence-corrected chi connectivity index (χ4v) is 4.21. The van der Waals surface area contributed by atoms with E-state index in [0.29, 0.717) is 29.2 Å². The zero-order valence-electron chi connectivity index (χ0n) is 16.6. The standard InChI is InChI=1S/C23H19F2N3O3/c1-30-20-9-7-13(11-26-20)14-6-8-19-27-21-17(29)10-16(22(21)28(19)12-14)15-4-2-3-5-18(15)31-23(24)25/h2-9,11-12,16-17,23,29H,10H2,1H3/t16-,17-/m1/s1. The van der Waals surface area contributed by atoms with Crippen LogP contribution in [0, 0.1) is 0 Å². The van der Waals surface area contributed by atoms with E-state index in [1.165, 1.54) is 6.07 Å². The number of benzene rings is 1. The maximum Gasteiger partial charge on any atom is 0.387 e. The van der Waals surface area contributed by atoms with Crippen LogP contribution in [0.3, 0.4) is 0 Å². The monoisotopic (exact) mass is 423 g/mol. The minimum Gasteiger partial charge on any atom is -0.481 e. The lowest BCUT2D eigenvalue weighted by Crippen LogP contribution is -2.08. The summed E-state index contributed by atoms with van der Waals surface area (Å²) in [6.07, 6.45) is 3.20. The number of hydrogen-bond donors (Lipinski definition) is 1. The van der Waals surface area contributed by atoms with Gasteiger partial charge in [0.25, 0.3) is 0 Å². The van der Waals surface area contributed by atoms with Crippen LogP contribution in [0.5, 0.6) is 11.6 Å². The Labute approximate surface area is 176 Å². The summed E-state index contributed by atoms with van der Waals surface area (Å²) in [5, 5.41) is 10.6. The molecule has 1 aromatic carbocycles. The van der Waals surface area contributed by atoms with Crippen molar-refractivity contribution in [2.24, 2.45) is 0 Å². The molecule has 0 unspecified atom stereocenters. The van der Waals surface area contributed by atoms with Crippen molar-refractivity contribution in [3.05, 3.63) is 77.9 Å². The van der Waals surface area contributed by atoms with E-state index < -0.39 is 12.7 Å². The highest BCUT2D eigenvalue weighted by molar-refractivity contribution is 5.65. The van der Waals surface area contributed by atoms with Gasteiger partial charge in [0.15, 0.2) is 0 Å². The van der Waals surface area contributed by atoms with Crippen molar-refractivity contribution in [1.29, 1.82) is 0 Å². The molecule has 0 spiro atoms. The molecular formula is C23H19F2N3O3. The quantitative estimate of drug-likeness (QED) is 0.509. The Morgan fingerprint density at radius 1 is 1.10 bits per heavy atom. The van der Waals surface area contributed by atoms with Gasteiger partial charge >= 0.3 is 6.61 Å². The van der Waals surface area contributed by atoms with Crippen LogP contribution < -0.4 is 9.47 Å². The van der Waals surface area contributed by atoms with Crippen molar-refractivity contribution < 1.29 is 23.4 Å². The van der Waals surface area contributed by atoms with Crippen molar-refractivity contribution in [2.75, 3.05) is 7.11 Å². The maximum absolute atomic E-state index is 12.9. The van der Waals surface area contributed by atoms with Gasteiger partial charge in [0.05, 0.1) is 24.6 Å². The number of aliphatic hydroxyl groups excluding tert-OH is 1. The number of rotatable bonds is 5.